The number of hydrogen-bond donors (Lipinski definition) is 0. The van der Waals surface area contributed by atoms with Crippen molar-refractivity contribution in [2.45, 2.75) is 27.7 Å². The fourth-order valence-corrected chi connectivity index (χ4v) is 1.16. The predicted octanol–water partition coefficient (Wildman–Crippen LogP) is 1.81. The molecule has 0 saturated carbocycles. The monoisotopic (exact) mass is 165 g/mol. The summed E-state index contributed by atoms with van der Waals surface area (Å²) in [7, 11) is 0. The highest BCUT2D eigenvalue weighted by molar-refractivity contribution is 6.24. The molecule has 0 aliphatic heterocycles. The first kappa shape index (κ1) is 7.47. The summed E-state index contributed by atoms with van der Waals surface area (Å²) in [6.45, 7) is 4.79. The fourth-order valence-electron chi connectivity index (χ4n) is 1.16. The van der Waals surface area contributed by atoms with E-state index >= 15 is 0 Å². The van der Waals surface area contributed by atoms with Crippen molar-refractivity contribution in [2.75, 3.05) is 0 Å². The SMILES string of the molecule is [2H]CC1=C(C)C(=O)C(C)=C(C)C1=O. The van der Waals surface area contributed by atoms with Gasteiger partial charge in [-0.15, -0.1) is 0 Å². The maximum atomic E-state index is 11.5. The number of hydrogen-bond acceptors (Lipinski definition) is 2. The number of rotatable bonds is 0. The highest BCUT2D eigenvalue weighted by Crippen LogP contribution is 2.23. The highest BCUT2D eigenvalue weighted by atomic mass is 16.1. The van der Waals surface area contributed by atoms with Gasteiger partial charge in [-0.1, -0.05) is 0 Å². The van der Waals surface area contributed by atoms with E-state index in [1.165, 1.54) is 0 Å². The molecule has 0 atom stereocenters. The molecule has 0 bridgehead atoms. The van der Waals surface area contributed by atoms with E-state index < -0.39 is 0 Å². The molecule has 2 heteroatoms. The van der Waals surface area contributed by atoms with Gasteiger partial charge in [-0.3, -0.25) is 9.59 Å². The van der Waals surface area contributed by atoms with Gasteiger partial charge >= 0.3 is 0 Å². The van der Waals surface area contributed by atoms with Crippen molar-refractivity contribution >= 4 is 11.6 Å². The highest BCUT2D eigenvalue weighted by Gasteiger charge is 2.24. The van der Waals surface area contributed by atoms with E-state index in [-0.39, 0.29) is 18.5 Å². The van der Waals surface area contributed by atoms with E-state index in [4.69, 9.17) is 1.37 Å². The molecular formula is C10H12O2. The van der Waals surface area contributed by atoms with Crippen LogP contribution in [-0.4, -0.2) is 11.6 Å². The van der Waals surface area contributed by atoms with Crippen LogP contribution in [0.4, 0.5) is 0 Å². The Labute approximate surface area is 73.4 Å². The van der Waals surface area contributed by atoms with Crippen LogP contribution in [0.2, 0.25) is 0 Å². The number of carbonyl (C=O) groups excluding carboxylic acids is 2. The summed E-state index contributed by atoms with van der Waals surface area (Å²) in [4.78, 5) is 23.0. The standard InChI is InChI=1S/C10H12O2/c1-5-6(2)10(12)8(4)7(3)9(5)11/h1-4H3/i1D. The zero-order chi connectivity index (χ0) is 10.2. The lowest BCUT2D eigenvalue weighted by molar-refractivity contribution is -0.116. The molecule has 0 unspecified atom stereocenters. The third-order valence-electron chi connectivity index (χ3n) is 2.31. The Hall–Kier alpha value is -1.18. The first-order valence-electron chi connectivity index (χ1n) is 4.47. The molecule has 0 amide bonds. The lowest BCUT2D eigenvalue weighted by Gasteiger charge is -2.15. The van der Waals surface area contributed by atoms with E-state index in [0.29, 0.717) is 22.3 Å². The summed E-state index contributed by atoms with van der Waals surface area (Å²) in [5.41, 5.74) is 1.77. The smallest absolute Gasteiger partial charge is 0.185 e. The molecule has 12 heavy (non-hydrogen) atoms. The predicted molar refractivity (Wildman–Crippen MR) is 46.8 cm³/mol. The average Bonchev–Trinajstić information content (AvgIpc) is 2.13. The van der Waals surface area contributed by atoms with Gasteiger partial charge in [-0.05, 0) is 27.7 Å². The normalized spacial score (nSPS) is 20.4. The zero-order valence-electron chi connectivity index (χ0n) is 8.52. The molecule has 1 aliphatic carbocycles. The number of carbonyl (C=O) groups is 2. The van der Waals surface area contributed by atoms with Crippen LogP contribution in [0.15, 0.2) is 22.3 Å². The number of allylic oxidation sites excluding steroid dienone is 4. The summed E-state index contributed by atoms with van der Waals surface area (Å²) in [5.74, 6) is -0.246. The molecule has 0 saturated heterocycles. The van der Waals surface area contributed by atoms with Gasteiger partial charge in [0.2, 0.25) is 0 Å². The summed E-state index contributed by atoms with van der Waals surface area (Å²) in [6.07, 6.45) is 0. The van der Waals surface area contributed by atoms with E-state index in [1.807, 2.05) is 0 Å². The van der Waals surface area contributed by atoms with Crippen LogP contribution in [0.1, 0.15) is 29.0 Å². The molecule has 0 radical (unpaired) electrons. The quantitative estimate of drug-likeness (QED) is 0.513. The van der Waals surface area contributed by atoms with Crippen LogP contribution in [-0.2, 0) is 9.59 Å². The molecule has 0 aromatic carbocycles. The molecule has 0 aromatic rings. The van der Waals surface area contributed by atoms with E-state index in [2.05, 4.69) is 0 Å². The second-order valence-corrected chi connectivity index (χ2v) is 3.01. The Morgan fingerprint density at radius 1 is 0.833 bits per heavy atom. The van der Waals surface area contributed by atoms with E-state index in [0.717, 1.165) is 0 Å². The van der Waals surface area contributed by atoms with Crippen LogP contribution >= 0.6 is 0 Å². The lowest BCUT2D eigenvalue weighted by Crippen LogP contribution is -2.18. The molecule has 0 aromatic heterocycles. The number of ketones is 2. The van der Waals surface area contributed by atoms with E-state index in [1.54, 1.807) is 20.8 Å². The van der Waals surface area contributed by atoms with Gasteiger partial charge in [-0.2, -0.15) is 0 Å². The Bertz CT molecular complexity index is 348. The first-order valence-corrected chi connectivity index (χ1v) is 3.76. The lowest BCUT2D eigenvalue weighted by atomic mass is 9.87. The van der Waals surface area contributed by atoms with Crippen LogP contribution in [0.5, 0.6) is 0 Å². The maximum Gasteiger partial charge on any atom is 0.185 e. The van der Waals surface area contributed by atoms with Crippen LogP contribution < -0.4 is 0 Å². The minimum Gasteiger partial charge on any atom is -0.289 e. The summed E-state index contributed by atoms with van der Waals surface area (Å²) < 4.78 is 7.15. The van der Waals surface area contributed by atoms with Crippen molar-refractivity contribution < 1.29 is 11.0 Å². The van der Waals surface area contributed by atoms with Crippen LogP contribution in [0.25, 0.3) is 0 Å². The summed E-state index contributed by atoms with van der Waals surface area (Å²) >= 11 is 0. The van der Waals surface area contributed by atoms with Crippen molar-refractivity contribution in [3.05, 3.63) is 22.3 Å². The average molecular weight is 165 g/mol. The van der Waals surface area contributed by atoms with Gasteiger partial charge in [0.25, 0.3) is 0 Å². The molecule has 1 rings (SSSR count). The van der Waals surface area contributed by atoms with Crippen LogP contribution in [0.3, 0.4) is 0 Å². The van der Waals surface area contributed by atoms with Crippen molar-refractivity contribution in [1.82, 2.24) is 0 Å². The van der Waals surface area contributed by atoms with Crippen molar-refractivity contribution in [1.29, 1.82) is 0 Å². The van der Waals surface area contributed by atoms with Gasteiger partial charge in [0.15, 0.2) is 11.6 Å². The topological polar surface area (TPSA) is 34.1 Å². The van der Waals surface area contributed by atoms with E-state index in [9.17, 15) is 9.59 Å². The largest absolute Gasteiger partial charge is 0.289 e. The molecule has 0 heterocycles. The Balaban J connectivity index is 3.29. The Morgan fingerprint density at radius 2 is 1.17 bits per heavy atom. The van der Waals surface area contributed by atoms with Crippen LogP contribution in [0, 0.1) is 0 Å². The zero-order valence-corrected chi connectivity index (χ0v) is 7.52. The molecule has 0 fully saturated rings. The van der Waals surface area contributed by atoms with Gasteiger partial charge in [0.05, 0.1) is 0 Å². The Kier molecular flexibility index (Phi) is 1.68. The summed E-state index contributed by atoms with van der Waals surface area (Å²) in [6, 6.07) is 0. The fraction of sp³-hybridized carbons (Fsp3) is 0.400. The second kappa shape index (κ2) is 2.70. The van der Waals surface area contributed by atoms with Gasteiger partial charge < -0.3 is 0 Å². The van der Waals surface area contributed by atoms with Crippen molar-refractivity contribution in [3.63, 3.8) is 0 Å². The third kappa shape index (κ3) is 1.04. The Morgan fingerprint density at radius 3 is 1.58 bits per heavy atom. The molecule has 0 N–H and O–H groups in total. The maximum absolute atomic E-state index is 11.5. The van der Waals surface area contributed by atoms with Gasteiger partial charge in [-0.25, -0.2) is 0 Å². The molecule has 64 valence electrons. The third-order valence-corrected chi connectivity index (χ3v) is 2.31. The molecule has 0 spiro atoms. The molecule has 2 nitrogen and oxygen atoms in total. The first-order chi connectivity index (χ1) is 6.00. The second-order valence-electron chi connectivity index (χ2n) is 3.01. The van der Waals surface area contributed by atoms with Gasteiger partial charge in [0, 0.05) is 23.7 Å². The van der Waals surface area contributed by atoms with Crippen molar-refractivity contribution in [2.24, 2.45) is 0 Å². The van der Waals surface area contributed by atoms with Gasteiger partial charge in [0.1, 0.15) is 0 Å². The molecular weight excluding hydrogens is 152 g/mol. The summed E-state index contributed by atoms with van der Waals surface area (Å²) in [5, 5.41) is 0. The minimum absolute atomic E-state index is 0.0978. The molecule has 1 aliphatic rings. The number of Topliss-reactive ketones (excluding diaryl/α,β-unsaturated/α-hetero) is 2. The van der Waals surface area contributed by atoms with Crippen molar-refractivity contribution in [3.8, 4) is 0 Å². The minimum atomic E-state index is -0.149.